The van der Waals surface area contributed by atoms with Gasteiger partial charge in [-0.25, -0.2) is 14.4 Å². The van der Waals surface area contributed by atoms with Gasteiger partial charge >= 0.3 is 17.9 Å². The summed E-state index contributed by atoms with van der Waals surface area (Å²) in [4.78, 5) is 36.7. The number of hydrogen-bond donors (Lipinski definition) is 2. The molecule has 3 aromatic rings. The predicted octanol–water partition coefficient (Wildman–Crippen LogP) is 5.50. The van der Waals surface area contributed by atoms with Gasteiger partial charge in [0.15, 0.2) is 5.11 Å². The molecule has 0 saturated carbocycles. The van der Waals surface area contributed by atoms with Crippen molar-refractivity contribution >= 4 is 79.6 Å². The van der Waals surface area contributed by atoms with Crippen LogP contribution < -0.4 is 10.6 Å². The van der Waals surface area contributed by atoms with Crippen LogP contribution in [0.25, 0.3) is 10.1 Å². The van der Waals surface area contributed by atoms with Gasteiger partial charge in [0, 0.05) is 15.8 Å². The first-order valence-corrected chi connectivity index (χ1v) is 11.8. The minimum absolute atomic E-state index is 0.168. The van der Waals surface area contributed by atoms with E-state index in [1.165, 1.54) is 36.6 Å². The molecule has 0 unspecified atom stereocenters. The van der Waals surface area contributed by atoms with Crippen LogP contribution in [-0.2, 0) is 14.2 Å². The Morgan fingerprint density at radius 1 is 0.971 bits per heavy atom. The molecule has 2 aromatic carbocycles. The van der Waals surface area contributed by atoms with Gasteiger partial charge in [-0.15, -0.1) is 11.3 Å². The summed E-state index contributed by atoms with van der Waals surface area (Å²) in [6, 6.07) is 9.73. The number of rotatable bonds is 7. The fourth-order valence-corrected chi connectivity index (χ4v) is 4.72. The lowest BCUT2D eigenvalue weighted by atomic mass is 10.1. The van der Waals surface area contributed by atoms with Crippen molar-refractivity contribution in [3.63, 3.8) is 0 Å². The molecule has 1 heterocycles. The van der Waals surface area contributed by atoms with Crippen LogP contribution in [0.2, 0.25) is 5.02 Å². The van der Waals surface area contributed by atoms with Gasteiger partial charge < -0.3 is 24.8 Å². The zero-order valence-corrected chi connectivity index (χ0v) is 20.9. The maximum absolute atomic E-state index is 12.4. The van der Waals surface area contributed by atoms with Gasteiger partial charge in [-0.3, -0.25) is 0 Å². The smallest absolute Gasteiger partial charge is 0.349 e. The number of halogens is 1. The Morgan fingerprint density at radius 2 is 1.68 bits per heavy atom. The van der Waals surface area contributed by atoms with E-state index < -0.39 is 17.9 Å². The zero-order chi connectivity index (χ0) is 24.8. The standard InChI is InChI=1S/C23H21ClN2O6S2/c1-4-31-20(27)12-6-8-14(21(28)32-5-2)16(10-12)26-23(33)25-13-7-9-15-17(11-13)34-19(18(15)24)22(29)30-3/h6-11H,4-5H2,1-3H3,(H2,25,26,33). The van der Waals surface area contributed by atoms with Gasteiger partial charge in [-0.2, -0.15) is 0 Å². The van der Waals surface area contributed by atoms with E-state index in [-0.39, 0.29) is 35.1 Å². The van der Waals surface area contributed by atoms with E-state index >= 15 is 0 Å². The number of nitrogens with one attached hydrogen (secondary N) is 2. The van der Waals surface area contributed by atoms with Crippen LogP contribution >= 0.6 is 35.2 Å². The largest absolute Gasteiger partial charge is 0.465 e. The zero-order valence-electron chi connectivity index (χ0n) is 18.5. The number of esters is 3. The molecule has 0 bridgehead atoms. The first-order valence-electron chi connectivity index (χ1n) is 10.2. The van der Waals surface area contributed by atoms with Crippen LogP contribution in [0, 0.1) is 0 Å². The summed E-state index contributed by atoms with van der Waals surface area (Å²) in [5, 5.41) is 7.18. The lowest BCUT2D eigenvalue weighted by Crippen LogP contribution is -2.21. The number of thiophene rings is 1. The molecule has 1 aromatic heterocycles. The minimum Gasteiger partial charge on any atom is -0.465 e. The van der Waals surface area contributed by atoms with Crippen LogP contribution in [0.15, 0.2) is 36.4 Å². The van der Waals surface area contributed by atoms with E-state index in [1.54, 1.807) is 32.0 Å². The summed E-state index contributed by atoms with van der Waals surface area (Å²) in [5.74, 6) is -1.60. The third-order valence-corrected chi connectivity index (χ3v) is 6.37. The van der Waals surface area contributed by atoms with E-state index in [4.69, 9.17) is 38.0 Å². The topological polar surface area (TPSA) is 103 Å². The first kappa shape index (κ1) is 25.4. The van der Waals surface area contributed by atoms with Crippen molar-refractivity contribution in [3.8, 4) is 0 Å². The Kier molecular flexibility index (Phi) is 8.43. The van der Waals surface area contributed by atoms with Gasteiger partial charge in [0.2, 0.25) is 0 Å². The van der Waals surface area contributed by atoms with E-state index in [0.29, 0.717) is 21.0 Å². The number of benzene rings is 2. The summed E-state index contributed by atoms with van der Waals surface area (Å²) in [7, 11) is 1.29. The SMILES string of the molecule is CCOC(=O)c1ccc(C(=O)OCC)c(NC(=S)Nc2ccc3c(Cl)c(C(=O)OC)sc3c2)c1. The summed E-state index contributed by atoms with van der Waals surface area (Å²) < 4.78 is 15.7. The molecule has 0 fully saturated rings. The Balaban J connectivity index is 1.86. The highest BCUT2D eigenvalue weighted by molar-refractivity contribution is 7.80. The lowest BCUT2D eigenvalue weighted by molar-refractivity contribution is 0.0512. The highest BCUT2D eigenvalue weighted by Gasteiger charge is 2.19. The van der Waals surface area contributed by atoms with Crippen molar-refractivity contribution < 1.29 is 28.6 Å². The highest BCUT2D eigenvalue weighted by Crippen LogP contribution is 2.37. The molecule has 3 rings (SSSR count). The van der Waals surface area contributed by atoms with Crippen molar-refractivity contribution in [1.29, 1.82) is 0 Å². The molecule has 178 valence electrons. The highest BCUT2D eigenvalue weighted by atomic mass is 35.5. The number of ether oxygens (including phenoxy) is 3. The van der Waals surface area contributed by atoms with E-state index in [1.807, 2.05) is 0 Å². The second-order valence-electron chi connectivity index (χ2n) is 6.73. The number of fused-ring (bicyclic) bond motifs is 1. The van der Waals surface area contributed by atoms with Gasteiger partial charge in [-0.05, 0) is 62.5 Å². The Morgan fingerprint density at radius 3 is 2.35 bits per heavy atom. The van der Waals surface area contributed by atoms with Crippen molar-refractivity contribution in [2.75, 3.05) is 31.0 Å². The van der Waals surface area contributed by atoms with Crippen LogP contribution in [0.1, 0.15) is 44.2 Å². The van der Waals surface area contributed by atoms with Crippen molar-refractivity contribution in [2.24, 2.45) is 0 Å². The molecule has 34 heavy (non-hydrogen) atoms. The van der Waals surface area contributed by atoms with Crippen molar-refractivity contribution in [1.82, 2.24) is 0 Å². The maximum Gasteiger partial charge on any atom is 0.349 e. The second-order valence-corrected chi connectivity index (χ2v) is 8.57. The molecule has 0 atom stereocenters. The van der Waals surface area contributed by atoms with Gasteiger partial charge in [0.25, 0.3) is 0 Å². The van der Waals surface area contributed by atoms with Gasteiger partial charge in [-0.1, -0.05) is 11.6 Å². The third kappa shape index (κ3) is 5.64. The molecule has 11 heteroatoms. The monoisotopic (exact) mass is 520 g/mol. The fourth-order valence-electron chi connectivity index (χ4n) is 3.03. The van der Waals surface area contributed by atoms with Crippen LogP contribution in [-0.4, -0.2) is 43.3 Å². The molecular formula is C23H21ClN2O6S2. The molecule has 0 aliphatic rings. The molecule has 0 aliphatic carbocycles. The second kappa shape index (κ2) is 11.3. The van der Waals surface area contributed by atoms with Crippen LogP contribution in [0.3, 0.4) is 0 Å². The number of methoxy groups -OCH3 is 1. The summed E-state index contributed by atoms with van der Waals surface area (Å²) >= 11 is 12.9. The molecule has 0 spiro atoms. The number of hydrogen-bond acceptors (Lipinski definition) is 8. The predicted molar refractivity (Wildman–Crippen MR) is 136 cm³/mol. The first-order chi connectivity index (χ1) is 16.3. The molecule has 0 aliphatic heterocycles. The molecule has 0 saturated heterocycles. The minimum atomic E-state index is -0.562. The quantitative estimate of drug-likeness (QED) is 0.237. The fraction of sp³-hybridized carbons (Fsp3) is 0.217. The normalized spacial score (nSPS) is 10.5. The van der Waals surface area contributed by atoms with Gasteiger partial charge in [0.1, 0.15) is 4.88 Å². The number of carbonyl (C=O) groups is 3. The van der Waals surface area contributed by atoms with Crippen LogP contribution in [0.5, 0.6) is 0 Å². The molecule has 0 radical (unpaired) electrons. The Hall–Kier alpha value is -3.21. The summed E-state index contributed by atoms with van der Waals surface area (Å²) in [5.41, 5.74) is 1.38. The molecule has 2 N–H and O–H groups in total. The molecule has 8 nitrogen and oxygen atoms in total. The lowest BCUT2D eigenvalue weighted by Gasteiger charge is -2.15. The molecular weight excluding hydrogens is 500 g/mol. The Labute approximate surface area is 210 Å². The number of anilines is 2. The Bertz CT molecular complexity index is 1270. The third-order valence-electron chi connectivity index (χ3n) is 4.53. The number of carbonyl (C=O) groups excluding carboxylic acids is 3. The average molecular weight is 521 g/mol. The van der Waals surface area contributed by atoms with Crippen LogP contribution in [0.4, 0.5) is 11.4 Å². The van der Waals surface area contributed by atoms with E-state index in [2.05, 4.69) is 10.6 Å². The van der Waals surface area contributed by atoms with E-state index in [9.17, 15) is 14.4 Å². The summed E-state index contributed by atoms with van der Waals surface area (Å²) in [6.07, 6.45) is 0. The van der Waals surface area contributed by atoms with Crippen molar-refractivity contribution in [2.45, 2.75) is 13.8 Å². The molecule has 0 amide bonds. The summed E-state index contributed by atoms with van der Waals surface area (Å²) in [6.45, 7) is 3.81. The van der Waals surface area contributed by atoms with Crippen molar-refractivity contribution in [3.05, 3.63) is 57.4 Å². The average Bonchev–Trinajstić information content (AvgIpc) is 3.14. The number of thiocarbonyl (C=S) groups is 1. The maximum atomic E-state index is 12.4. The van der Waals surface area contributed by atoms with E-state index in [0.717, 1.165) is 4.70 Å². The van der Waals surface area contributed by atoms with Gasteiger partial charge in [0.05, 0.1) is 42.2 Å².